The molecule has 0 spiro atoms. The van der Waals surface area contributed by atoms with Crippen LogP contribution in [0.5, 0.6) is 0 Å². The first-order valence-electron chi connectivity index (χ1n) is 12.9. The first-order valence-corrected chi connectivity index (χ1v) is 16.6. The second-order valence-electron chi connectivity index (χ2n) is 10.5. The molecule has 0 bridgehead atoms. The minimum atomic E-state index is -3.18. The minimum absolute atomic E-state index is 0.0606. The third-order valence-electron chi connectivity index (χ3n) is 6.90. The lowest BCUT2D eigenvalue weighted by Gasteiger charge is -2.44. The summed E-state index contributed by atoms with van der Waals surface area (Å²) in [4.78, 5) is 0. The van der Waals surface area contributed by atoms with E-state index in [0.717, 1.165) is 12.8 Å². The van der Waals surface area contributed by atoms with Crippen LogP contribution < -0.4 is 10.4 Å². The van der Waals surface area contributed by atoms with Gasteiger partial charge in [0.05, 0.1) is 38.2 Å². The molecule has 0 radical (unpaired) electrons. The summed E-state index contributed by atoms with van der Waals surface area (Å²) < 4.78 is 38.0. The lowest BCUT2D eigenvalue weighted by Crippen LogP contribution is -2.67. The van der Waals surface area contributed by atoms with Crippen molar-refractivity contribution in [3.05, 3.63) is 60.7 Å². The molecule has 1 aliphatic heterocycles. The zero-order valence-corrected chi connectivity index (χ0v) is 24.1. The lowest BCUT2D eigenvalue weighted by molar-refractivity contribution is -0.0857. The van der Waals surface area contributed by atoms with Gasteiger partial charge in [-0.3, -0.25) is 4.57 Å². The van der Waals surface area contributed by atoms with Gasteiger partial charge in [-0.2, -0.15) is 0 Å². The third kappa shape index (κ3) is 6.74. The van der Waals surface area contributed by atoms with E-state index in [1.165, 1.54) is 10.4 Å². The van der Waals surface area contributed by atoms with E-state index < -0.39 is 15.9 Å². The van der Waals surface area contributed by atoms with E-state index in [0.29, 0.717) is 19.8 Å². The Morgan fingerprint density at radius 1 is 0.914 bits per heavy atom. The zero-order valence-electron chi connectivity index (χ0n) is 22.2. The van der Waals surface area contributed by atoms with Gasteiger partial charge in [-0.05, 0) is 48.0 Å². The van der Waals surface area contributed by atoms with E-state index in [-0.39, 0.29) is 29.3 Å². The highest BCUT2D eigenvalue weighted by atomic mass is 31.2. The third-order valence-corrected chi connectivity index (χ3v) is 14.0. The number of rotatable bonds is 11. The quantitative estimate of drug-likeness (QED) is 0.269. The number of hydrogen-bond acceptors (Lipinski definition) is 5. The minimum Gasteiger partial charge on any atom is -0.405 e. The van der Waals surface area contributed by atoms with Crippen molar-refractivity contribution in [1.82, 2.24) is 0 Å². The summed E-state index contributed by atoms with van der Waals surface area (Å²) in [6.07, 6.45) is 1.96. The van der Waals surface area contributed by atoms with E-state index >= 15 is 0 Å². The van der Waals surface area contributed by atoms with Gasteiger partial charge < -0.3 is 18.2 Å². The standard InChI is InChI=1S/C28H43O5PSi/c1-7-30-34(29,31-8-2)22-27-23(3)19-20-24(33-27)21-32-35(28(4,5)6,25-15-11-9-12-16-25)26-17-13-10-14-18-26/h9-18,23-24,27H,7-8,19-22H2,1-6H3/t23-,24+,27+/m0/s1. The molecule has 3 rings (SSSR count). The highest BCUT2D eigenvalue weighted by Crippen LogP contribution is 2.50. The molecule has 0 aliphatic carbocycles. The van der Waals surface area contributed by atoms with Crippen molar-refractivity contribution in [3.63, 3.8) is 0 Å². The van der Waals surface area contributed by atoms with Crippen molar-refractivity contribution in [3.8, 4) is 0 Å². The summed E-state index contributed by atoms with van der Waals surface area (Å²) >= 11 is 0. The molecule has 0 aromatic heterocycles. The topological polar surface area (TPSA) is 54.0 Å². The number of hydrogen-bond donors (Lipinski definition) is 0. The Kier molecular flexibility index (Phi) is 9.96. The van der Waals surface area contributed by atoms with Crippen molar-refractivity contribution < 1.29 is 22.8 Å². The fraction of sp³-hybridized carbons (Fsp3) is 0.571. The molecule has 0 unspecified atom stereocenters. The Morgan fingerprint density at radius 3 is 1.89 bits per heavy atom. The van der Waals surface area contributed by atoms with E-state index in [4.69, 9.17) is 18.2 Å². The molecule has 194 valence electrons. The number of ether oxygens (including phenoxy) is 1. The molecule has 5 nitrogen and oxygen atoms in total. The Bertz CT molecular complexity index is 897. The maximum absolute atomic E-state index is 13.2. The first-order chi connectivity index (χ1) is 16.6. The van der Waals surface area contributed by atoms with Crippen molar-refractivity contribution in [1.29, 1.82) is 0 Å². The highest BCUT2D eigenvalue weighted by molar-refractivity contribution is 7.53. The SMILES string of the molecule is CCOP(=O)(C[C@H]1O[C@@H](CO[Si](c2ccccc2)(c2ccccc2)C(C)(C)C)CC[C@@H]1C)OCC. The van der Waals surface area contributed by atoms with Crippen LogP contribution in [-0.4, -0.2) is 46.5 Å². The summed E-state index contributed by atoms with van der Waals surface area (Å²) in [7, 11) is -5.81. The van der Waals surface area contributed by atoms with Crippen molar-refractivity contribution in [2.24, 2.45) is 5.92 Å². The molecule has 3 atom stereocenters. The highest BCUT2D eigenvalue weighted by Gasteiger charge is 2.50. The average molecular weight is 519 g/mol. The predicted molar refractivity (Wildman–Crippen MR) is 146 cm³/mol. The smallest absolute Gasteiger partial charge is 0.333 e. The molecule has 2 aromatic rings. The van der Waals surface area contributed by atoms with Gasteiger partial charge in [-0.25, -0.2) is 0 Å². The molecule has 0 saturated carbocycles. The Balaban J connectivity index is 1.85. The number of benzene rings is 2. The van der Waals surface area contributed by atoms with Gasteiger partial charge in [0.2, 0.25) is 0 Å². The molecule has 7 heteroatoms. The Labute approximate surface area is 213 Å². The van der Waals surface area contributed by atoms with Gasteiger partial charge >= 0.3 is 7.60 Å². The summed E-state index contributed by atoms with van der Waals surface area (Å²) in [6.45, 7) is 13.9. The Morgan fingerprint density at radius 2 is 1.43 bits per heavy atom. The van der Waals surface area contributed by atoms with E-state index in [1.54, 1.807) is 0 Å². The van der Waals surface area contributed by atoms with E-state index in [9.17, 15) is 4.57 Å². The van der Waals surface area contributed by atoms with Gasteiger partial charge in [-0.1, -0.05) is 88.4 Å². The van der Waals surface area contributed by atoms with E-state index in [1.807, 2.05) is 13.8 Å². The Hall–Kier alpha value is -1.27. The van der Waals surface area contributed by atoms with Crippen LogP contribution >= 0.6 is 7.60 Å². The molecule has 2 aromatic carbocycles. The van der Waals surface area contributed by atoms with Crippen molar-refractivity contribution >= 4 is 26.3 Å². The van der Waals surface area contributed by atoms with Crippen LogP contribution in [0.2, 0.25) is 5.04 Å². The van der Waals surface area contributed by atoms with Crippen LogP contribution in [0.4, 0.5) is 0 Å². The molecular formula is C28H43O5PSi. The van der Waals surface area contributed by atoms with E-state index in [2.05, 4.69) is 88.4 Å². The van der Waals surface area contributed by atoms with Gasteiger partial charge in [0.15, 0.2) is 0 Å². The largest absolute Gasteiger partial charge is 0.405 e. The van der Waals surface area contributed by atoms with Gasteiger partial charge in [0.1, 0.15) is 0 Å². The van der Waals surface area contributed by atoms with Crippen molar-refractivity contribution in [2.75, 3.05) is 26.0 Å². The maximum atomic E-state index is 13.2. The molecule has 1 aliphatic rings. The lowest BCUT2D eigenvalue weighted by atomic mass is 9.94. The summed E-state index contributed by atoms with van der Waals surface area (Å²) in [6, 6.07) is 21.3. The molecule has 0 N–H and O–H groups in total. The zero-order chi connectivity index (χ0) is 25.5. The maximum Gasteiger partial charge on any atom is 0.333 e. The van der Waals surface area contributed by atoms with Crippen LogP contribution in [0.25, 0.3) is 0 Å². The fourth-order valence-electron chi connectivity index (χ4n) is 5.17. The van der Waals surface area contributed by atoms with Gasteiger partial charge in [0.25, 0.3) is 8.32 Å². The molecule has 35 heavy (non-hydrogen) atoms. The molecular weight excluding hydrogens is 475 g/mol. The second-order valence-corrected chi connectivity index (χ2v) is 16.9. The fourth-order valence-corrected chi connectivity index (χ4v) is 11.7. The molecule has 1 saturated heterocycles. The molecule has 1 fully saturated rings. The average Bonchev–Trinajstić information content (AvgIpc) is 2.82. The summed E-state index contributed by atoms with van der Waals surface area (Å²) in [5.74, 6) is 0.286. The van der Waals surface area contributed by atoms with Crippen LogP contribution in [0.3, 0.4) is 0 Å². The van der Waals surface area contributed by atoms with Crippen molar-refractivity contribution in [2.45, 2.75) is 71.6 Å². The van der Waals surface area contributed by atoms with Crippen LogP contribution in [0, 0.1) is 5.92 Å². The predicted octanol–water partition coefficient (Wildman–Crippen LogP) is 6.01. The summed E-state index contributed by atoms with van der Waals surface area (Å²) in [5.41, 5.74) is 0. The van der Waals surface area contributed by atoms with Crippen LogP contribution in [-0.2, 0) is 22.8 Å². The van der Waals surface area contributed by atoms with Crippen LogP contribution in [0.15, 0.2) is 60.7 Å². The summed E-state index contributed by atoms with van der Waals surface area (Å²) in [5, 5.41) is 2.43. The molecule has 0 amide bonds. The molecule has 1 heterocycles. The first kappa shape index (κ1) is 28.3. The normalized spacial score (nSPS) is 21.7. The monoisotopic (exact) mass is 518 g/mol. The van der Waals surface area contributed by atoms with Crippen LogP contribution in [0.1, 0.15) is 54.4 Å². The van der Waals surface area contributed by atoms with Gasteiger partial charge in [0, 0.05) is 0 Å². The second kappa shape index (κ2) is 12.3. The van der Waals surface area contributed by atoms with Gasteiger partial charge in [-0.15, -0.1) is 0 Å².